The average Bonchev–Trinajstić information content (AvgIpc) is 2.96. The van der Waals surface area contributed by atoms with E-state index in [0.29, 0.717) is 24.0 Å². The van der Waals surface area contributed by atoms with Gasteiger partial charge in [0.25, 0.3) is 0 Å². The summed E-state index contributed by atoms with van der Waals surface area (Å²) in [4.78, 5) is 8.70. The van der Waals surface area contributed by atoms with E-state index in [4.69, 9.17) is 4.74 Å². The van der Waals surface area contributed by atoms with Crippen molar-refractivity contribution in [2.75, 3.05) is 7.11 Å². The lowest BCUT2D eigenvalue weighted by atomic mass is 10.2. The minimum atomic E-state index is 0.325. The van der Waals surface area contributed by atoms with Gasteiger partial charge in [0, 0.05) is 6.42 Å². The molecule has 2 aromatic rings. The van der Waals surface area contributed by atoms with Crippen LogP contribution in [0.1, 0.15) is 43.9 Å². The van der Waals surface area contributed by atoms with E-state index < -0.39 is 0 Å². The first kappa shape index (κ1) is 16.8. The standard InChI is InChI=1S/C18H22N4O/c1-3-4-6-11-17(23-2)21-18-16(12-19)20-14-22(18)13-15-9-7-5-8-10-15/h5,7-10,14H,3-4,6,11,13H2,1-2H3. The van der Waals surface area contributed by atoms with Crippen LogP contribution in [0.2, 0.25) is 0 Å². The highest BCUT2D eigenvalue weighted by molar-refractivity contribution is 5.79. The monoisotopic (exact) mass is 310 g/mol. The van der Waals surface area contributed by atoms with Gasteiger partial charge in [0.15, 0.2) is 17.4 Å². The molecule has 0 aliphatic heterocycles. The Morgan fingerprint density at radius 1 is 1.30 bits per heavy atom. The van der Waals surface area contributed by atoms with Crippen molar-refractivity contribution in [3.8, 4) is 6.07 Å². The summed E-state index contributed by atoms with van der Waals surface area (Å²) in [6, 6.07) is 12.1. The summed E-state index contributed by atoms with van der Waals surface area (Å²) >= 11 is 0. The van der Waals surface area contributed by atoms with Crippen LogP contribution in [0.5, 0.6) is 0 Å². The Balaban J connectivity index is 2.25. The fraction of sp³-hybridized carbons (Fsp3) is 0.389. The molecular formula is C18H22N4O. The third-order valence-corrected chi connectivity index (χ3v) is 3.57. The maximum absolute atomic E-state index is 9.26. The number of hydrogen-bond donors (Lipinski definition) is 0. The van der Waals surface area contributed by atoms with Crippen molar-refractivity contribution in [1.82, 2.24) is 9.55 Å². The van der Waals surface area contributed by atoms with Gasteiger partial charge in [0.05, 0.1) is 20.0 Å². The van der Waals surface area contributed by atoms with Crippen LogP contribution in [0.3, 0.4) is 0 Å². The van der Waals surface area contributed by atoms with Crippen LogP contribution in [0.4, 0.5) is 5.82 Å². The largest absolute Gasteiger partial charge is 0.484 e. The second-order valence-corrected chi connectivity index (χ2v) is 5.31. The smallest absolute Gasteiger partial charge is 0.189 e. The molecule has 1 heterocycles. The molecule has 0 aliphatic carbocycles. The summed E-state index contributed by atoms with van der Waals surface area (Å²) in [5, 5.41) is 9.26. The normalized spacial score (nSPS) is 11.3. The topological polar surface area (TPSA) is 63.2 Å². The number of nitrogens with zero attached hydrogens (tertiary/aromatic N) is 4. The van der Waals surface area contributed by atoms with E-state index in [9.17, 15) is 5.26 Å². The molecule has 0 N–H and O–H groups in total. The predicted molar refractivity (Wildman–Crippen MR) is 90.7 cm³/mol. The molecule has 1 aromatic heterocycles. The number of methoxy groups -OCH3 is 1. The first-order valence-electron chi connectivity index (χ1n) is 7.89. The van der Waals surface area contributed by atoms with E-state index in [1.165, 1.54) is 0 Å². The fourth-order valence-corrected chi connectivity index (χ4v) is 2.32. The van der Waals surface area contributed by atoms with Crippen LogP contribution in [0, 0.1) is 11.3 Å². The fourth-order valence-electron chi connectivity index (χ4n) is 2.32. The van der Waals surface area contributed by atoms with Gasteiger partial charge >= 0.3 is 0 Å². The quantitative estimate of drug-likeness (QED) is 0.440. The van der Waals surface area contributed by atoms with Crippen molar-refractivity contribution in [2.45, 2.75) is 39.2 Å². The lowest BCUT2D eigenvalue weighted by Gasteiger charge is -2.08. The van der Waals surface area contributed by atoms with E-state index in [1.807, 2.05) is 34.9 Å². The summed E-state index contributed by atoms with van der Waals surface area (Å²) in [6.45, 7) is 2.78. The summed E-state index contributed by atoms with van der Waals surface area (Å²) in [5.41, 5.74) is 1.46. The highest BCUT2D eigenvalue weighted by Gasteiger charge is 2.12. The molecule has 0 radical (unpaired) electrons. The number of aromatic nitrogens is 2. The number of unbranched alkanes of at least 4 members (excludes halogenated alkanes) is 2. The van der Waals surface area contributed by atoms with E-state index in [-0.39, 0.29) is 0 Å². The number of rotatable bonds is 7. The number of aliphatic imine (C=N–C) groups is 1. The van der Waals surface area contributed by atoms with E-state index >= 15 is 0 Å². The lowest BCUT2D eigenvalue weighted by molar-refractivity contribution is 0.387. The van der Waals surface area contributed by atoms with Gasteiger partial charge in [-0.05, 0) is 12.0 Å². The van der Waals surface area contributed by atoms with Gasteiger partial charge in [0.2, 0.25) is 0 Å². The van der Waals surface area contributed by atoms with Gasteiger partial charge in [-0.2, -0.15) is 10.3 Å². The van der Waals surface area contributed by atoms with Crippen LogP contribution in [-0.4, -0.2) is 22.6 Å². The van der Waals surface area contributed by atoms with Crippen LogP contribution in [0.25, 0.3) is 0 Å². The van der Waals surface area contributed by atoms with Crippen LogP contribution in [-0.2, 0) is 11.3 Å². The molecule has 120 valence electrons. The van der Waals surface area contributed by atoms with Gasteiger partial charge < -0.3 is 9.30 Å². The molecule has 0 amide bonds. The van der Waals surface area contributed by atoms with Gasteiger partial charge in [0.1, 0.15) is 6.07 Å². The Bertz CT molecular complexity index is 683. The van der Waals surface area contributed by atoms with Crippen molar-refractivity contribution >= 4 is 11.7 Å². The van der Waals surface area contributed by atoms with Crippen molar-refractivity contribution in [3.05, 3.63) is 47.9 Å². The lowest BCUT2D eigenvalue weighted by Crippen LogP contribution is -2.03. The Morgan fingerprint density at radius 3 is 2.74 bits per heavy atom. The SMILES string of the molecule is CCCCCC(=Nc1c(C#N)ncn1Cc1ccccc1)OC. The van der Waals surface area contributed by atoms with E-state index in [0.717, 1.165) is 31.2 Å². The first-order valence-corrected chi connectivity index (χ1v) is 7.89. The molecule has 5 nitrogen and oxygen atoms in total. The second kappa shape index (κ2) is 8.74. The summed E-state index contributed by atoms with van der Waals surface area (Å²) in [6.07, 6.45) is 5.73. The molecule has 23 heavy (non-hydrogen) atoms. The molecule has 0 atom stereocenters. The molecule has 0 saturated heterocycles. The molecule has 0 fully saturated rings. The minimum absolute atomic E-state index is 0.325. The third-order valence-electron chi connectivity index (χ3n) is 3.57. The van der Waals surface area contributed by atoms with Gasteiger partial charge in [-0.3, -0.25) is 0 Å². The van der Waals surface area contributed by atoms with Crippen LogP contribution < -0.4 is 0 Å². The van der Waals surface area contributed by atoms with Gasteiger partial charge in [-0.1, -0.05) is 50.1 Å². The minimum Gasteiger partial charge on any atom is -0.484 e. The van der Waals surface area contributed by atoms with Crippen LogP contribution >= 0.6 is 0 Å². The number of nitriles is 1. The molecule has 0 unspecified atom stereocenters. The Morgan fingerprint density at radius 2 is 2.09 bits per heavy atom. The molecule has 5 heteroatoms. The Kier molecular flexibility index (Phi) is 6.37. The summed E-state index contributed by atoms with van der Waals surface area (Å²) < 4.78 is 7.26. The molecule has 0 bridgehead atoms. The van der Waals surface area contributed by atoms with Crippen molar-refractivity contribution in [3.63, 3.8) is 0 Å². The average molecular weight is 310 g/mol. The summed E-state index contributed by atoms with van der Waals surface area (Å²) in [7, 11) is 1.62. The molecule has 0 spiro atoms. The van der Waals surface area contributed by atoms with E-state index in [2.05, 4.69) is 23.0 Å². The zero-order chi connectivity index (χ0) is 16.5. The molecule has 2 rings (SSSR count). The van der Waals surface area contributed by atoms with Crippen molar-refractivity contribution in [2.24, 2.45) is 4.99 Å². The van der Waals surface area contributed by atoms with Crippen molar-refractivity contribution in [1.29, 1.82) is 5.26 Å². The first-order chi connectivity index (χ1) is 11.3. The zero-order valence-electron chi connectivity index (χ0n) is 13.7. The van der Waals surface area contributed by atoms with E-state index in [1.54, 1.807) is 13.4 Å². The third kappa shape index (κ3) is 4.68. The highest BCUT2D eigenvalue weighted by Crippen LogP contribution is 2.20. The maximum Gasteiger partial charge on any atom is 0.189 e. The number of hydrogen-bond acceptors (Lipinski definition) is 4. The van der Waals surface area contributed by atoms with Crippen molar-refractivity contribution < 1.29 is 4.74 Å². The summed E-state index contributed by atoms with van der Waals surface area (Å²) in [5.74, 6) is 1.20. The molecule has 1 aromatic carbocycles. The molecular weight excluding hydrogens is 288 g/mol. The molecule has 0 saturated carbocycles. The Hall–Kier alpha value is -2.61. The van der Waals surface area contributed by atoms with Gasteiger partial charge in [-0.25, -0.2) is 4.98 Å². The molecule has 0 aliphatic rings. The second-order valence-electron chi connectivity index (χ2n) is 5.31. The van der Waals surface area contributed by atoms with Gasteiger partial charge in [-0.15, -0.1) is 0 Å². The highest BCUT2D eigenvalue weighted by atomic mass is 16.5. The maximum atomic E-state index is 9.26. The Labute approximate surface area is 137 Å². The zero-order valence-corrected chi connectivity index (χ0v) is 13.7. The van der Waals surface area contributed by atoms with Crippen LogP contribution in [0.15, 0.2) is 41.7 Å². The number of benzene rings is 1. The number of imidazole rings is 1. The predicted octanol–water partition coefficient (Wildman–Crippen LogP) is 4.06. The number of ether oxygens (including phenoxy) is 1.